The number of ketones is 1. The molecule has 1 aromatic carbocycles. The number of nitrogens with zero attached hydrogens (tertiary/aromatic N) is 1. The third kappa shape index (κ3) is 4.69. The molecule has 0 unspecified atom stereocenters. The lowest BCUT2D eigenvalue weighted by molar-refractivity contribution is -0.119. The Morgan fingerprint density at radius 1 is 1.12 bits per heavy atom. The molecule has 0 atom stereocenters. The highest BCUT2D eigenvalue weighted by Gasteiger charge is 2.19. The average molecular weight is 402 g/mol. The third-order valence-electron chi connectivity index (χ3n) is 3.03. The molecule has 2 rings (SSSR count). The first-order valence-electron chi connectivity index (χ1n) is 6.87. The zero-order valence-electron chi connectivity index (χ0n) is 12.8. The fourth-order valence-electron chi connectivity index (χ4n) is 1.87. The number of hydrogen-bond donors (Lipinski definition) is 1. The number of halogens is 3. The topological polar surface area (TPSA) is 85.4 Å². The summed E-state index contributed by atoms with van der Waals surface area (Å²) >= 11 is 17.4. The molecular weight excluding hydrogens is 391 g/mol. The Balaban J connectivity index is 2.02. The number of carbonyl (C=O) groups excluding carboxylic acids is 3. The largest absolute Gasteiger partial charge is 0.451 e. The number of anilines is 1. The van der Waals surface area contributed by atoms with Gasteiger partial charge in [0.05, 0.1) is 20.8 Å². The van der Waals surface area contributed by atoms with Gasteiger partial charge in [-0.25, -0.2) is 9.78 Å². The summed E-state index contributed by atoms with van der Waals surface area (Å²) in [5, 5.41) is 2.38. The van der Waals surface area contributed by atoms with E-state index in [1.807, 2.05) is 0 Å². The maximum Gasteiger partial charge on any atom is 0.359 e. The Morgan fingerprint density at radius 3 is 2.48 bits per heavy atom. The van der Waals surface area contributed by atoms with Gasteiger partial charge < -0.3 is 10.1 Å². The zero-order valence-corrected chi connectivity index (χ0v) is 15.1. The second kappa shape index (κ2) is 8.29. The predicted molar refractivity (Wildman–Crippen MR) is 94.6 cm³/mol. The van der Waals surface area contributed by atoms with Gasteiger partial charge in [-0.2, -0.15) is 0 Å². The normalized spacial score (nSPS) is 10.2. The van der Waals surface area contributed by atoms with Crippen molar-refractivity contribution in [2.75, 3.05) is 11.9 Å². The van der Waals surface area contributed by atoms with Gasteiger partial charge in [-0.05, 0) is 19.1 Å². The lowest BCUT2D eigenvalue weighted by Gasteiger charge is -2.10. The molecule has 1 aromatic heterocycles. The van der Waals surface area contributed by atoms with Crippen LogP contribution in [0.2, 0.25) is 15.1 Å². The molecule has 1 heterocycles. The smallest absolute Gasteiger partial charge is 0.359 e. The van der Waals surface area contributed by atoms with Crippen LogP contribution in [0.25, 0.3) is 0 Å². The van der Waals surface area contributed by atoms with E-state index in [1.54, 1.807) is 24.3 Å². The molecule has 0 aliphatic rings. The van der Waals surface area contributed by atoms with Crippen LogP contribution in [0.3, 0.4) is 0 Å². The molecular formula is C16H11Cl3N2O4. The standard InChI is InChI=1S/C16H11Cl3N2O4/c1-8(22)9-4-2-3-5-11(9)21-12(23)7-25-16(24)15-14(19)13(18)10(17)6-20-15/h2-6H,7H2,1H3,(H,21,23). The molecule has 130 valence electrons. The summed E-state index contributed by atoms with van der Waals surface area (Å²) in [4.78, 5) is 39.1. The molecule has 25 heavy (non-hydrogen) atoms. The van der Waals surface area contributed by atoms with Gasteiger partial charge >= 0.3 is 5.97 Å². The number of aromatic nitrogens is 1. The molecule has 0 aliphatic carbocycles. The summed E-state index contributed by atoms with van der Waals surface area (Å²) < 4.78 is 4.85. The van der Waals surface area contributed by atoms with Crippen molar-refractivity contribution in [1.82, 2.24) is 4.98 Å². The molecule has 9 heteroatoms. The van der Waals surface area contributed by atoms with E-state index in [1.165, 1.54) is 6.92 Å². The number of ether oxygens (including phenoxy) is 1. The summed E-state index contributed by atoms with van der Waals surface area (Å²) in [5.41, 5.74) is 0.408. The maximum atomic E-state index is 12.0. The predicted octanol–water partition coefficient (Wildman–Crippen LogP) is 4.04. The van der Waals surface area contributed by atoms with Crippen molar-refractivity contribution in [3.63, 3.8) is 0 Å². The average Bonchev–Trinajstić information content (AvgIpc) is 2.58. The first kappa shape index (κ1) is 19.2. The van der Waals surface area contributed by atoms with Crippen LogP contribution in [-0.2, 0) is 9.53 Å². The van der Waals surface area contributed by atoms with Crippen molar-refractivity contribution in [2.45, 2.75) is 6.92 Å². The van der Waals surface area contributed by atoms with Crippen molar-refractivity contribution in [2.24, 2.45) is 0 Å². The zero-order chi connectivity index (χ0) is 18.6. The number of amides is 1. The highest BCUT2D eigenvalue weighted by Crippen LogP contribution is 2.31. The van der Waals surface area contributed by atoms with Crippen molar-refractivity contribution in [3.05, 3.63) is 56.8 Å². The van der Waals surface area contributed by atoms with E-state index in [-0.39, 0.29) is 26.5 Å². The Kier molecular flexibility index (Phi) is 6.36. The van der Waals surface area contributed by atoms with Gasteiger partial charge in [-0.1, -0.05) is 46.9 Å². The molecule has 6 nitrogen and oxygen atoms in total. The number of rotatable bonds is 5. The lowest BCUT2D eigenvalue weighted by Crippen LogP contribution is -2.22. The lowest BCUT2D eigenvalue weighted by atomic mass is 10.1. The number of pyridine rings is 1. The van der Waals surface area contributed by atoms with E-state index < -0.39 is 18.5 Å². The van der Waals surface area contributed by atoms with Gasteiger partial charge in [0.2, 0.25) is 0 Å². The quantitative estimate of drug-likeness (QED) is 0.603. The van der Waals surface area contributed by atoms with Crippen LogP contribution in [0.1, 0.15) is 27.8 Å². The fraction of sp³-hybridized carbons (Fsp3) is 0.125. The van der Waals surface area contributed by atoms with Gasteiger partial charge in [-0.3, -0.25) is 9.59 Å². The van der Waals surface area contributed by atoms with E-state index >= 15 is 0 Å². The minimum absolute atomic E-state index is 0.0369. The van der Waals surface area contributed by atoms with Crippen LogP contribution in [0.4, 0.5) is 5.69 Å². The number of benzene rings is 1. The first-order chi connectivity index (χ1) is 11.8. The van der Waals surface area contributed by atoms with E-state index in [4.69, 9.17) is 39.5 Å². The highest BCUT2D eigenvalue weighted by molar-refractivity contribution is 6.48. The molecule has 0 radical (unpaired) electrons. The van der Waals surface area contributed by atoms with E-state index in [9.17, 15) is 14.4 Å². The van der Waals surface area contributed by atoms with Crippen molar-refractivity contribution < 1.29 is 19.1 Å². The van der Waals surface area contributed by atoms with Gasteiger partial charge in [0.15, 0.2) is 18.1 Å². The Morgan fingerprint density at radius 2 is 1.80 bits per heavy atom. The number of nitrogens with one attached hydrogen (secondary N) is 1. The maximum absolute atomic E-state index is 12.0. The van der Waals surface area contributed by atoms with Crippen molar-refractivity contribution in [3.8, 4) is 0 Å². The van der Waals surface area contributed by atoms with Gasteiger partial charge in [-0.15, -0.1) is 0 Å². The second-order valence-electron chi connectivity index (χ2n) is 4.81. The second-order valence-corrected chi connectivity index (χ2v) is 5.97. The van der Waals surface area contributed by atoms with Gasteiger partial charge in [0, 0.05) is 11.8 Å². The summed E-state index contributed by atoms with van der Waals surface area (Å²) in [7, 11) is 0. The molecule has 0 saturated carbocycles. The van der Waals surface area contributed by atoms with Crippen LogP contribution in [0.15, 0.2) is 30.5 Å². The van der Waals surface area contributed by atoms with Crippen molar-refractivity contribution >= 4 is 58.1 Å². The minimum atomic E-state index is -0.932. The van der Waals surface area contributed by atoms with Crippen molar-refractivity contribution in [1.29, 1.82) is 0 Å². The van der Waals surface area contributed by atoms with Crippen LogP contribution in [0, 0.1) is 0 Å². The molecule has 0 bridgehead atoms. The molecule has 2 aromatic rings. The third-order valence-corrected chi connectivity index (χ3v) is 4.27. The number of hydrogen-bond acceptors (Lipinski definition) is 5. The molecule has 0 aliphatic heterocycles. The number of carbonyl (C=O) groups is 3. The molecule has 0 spiro atoms. The summed E-state index contributed by atoms with van der Waals surface area (Å²) in [5.74, 6) is -1.77. The van der Waals surface area contributed by atoms with Crippen LogP contribution in [-0.4, -0.2) is 29.3 Å². The number of esters is 1. The molecule has 1 amide bonds. The molecule has 0 saturated heterocycles. The van der Waals surface area contributed by atoms with E-state index in [0.29, 0.717) is 11.3 Å². The monoisotopic (exact) mass is 400 g/mol. The molecule has 0 fully saturated rings. The Labute approximate surface area is 158 Å². The number of para-hydroxylation sites is 1. The molecule has 1 N–H and O–H groups in total. The van der Waals surface area contributed by atoms with Gasteiger partial charge in [0.25, 0.3) is 5.91 Å². The summed E-state index contributed by atoms with van der Waals surface area (Å²) in [6.45, 7) is 0.784. The summed E-state index contributed by atoms with van der Waals surface area (Å²) in [6.07, 6.45) is 1.15. The van der Waals surface area contributed by atoms with Crippen LogP contribution >= 0.6 is 34.8 Å². The van der Waals surface area contributed by atoms with E-state index in [0.717, 1.165) is 6.20 Å². The van der Waals surface area contributed by atoms with E-state index in [2.05, 4.69) is 10.3 Å². The van der Waals surface area contributed by atoms with Crippen LogP contribution < -0.4 is 5.32 Å². The SMILES string of the molecule is CC(=O)c1ccccc1NC(=O)COC(=O)c1ncc(Cl)c(Cl)c1Cl. The Hall–Kier alpha value is -2.15. The summed E-state index contributed by atoms with van der Waals surface area (Å²) in [6, 6.07) is 6.47. The highest BCUT2D eigenvalue weighted by atomic mass is 35.5. The van der Waals surface area contributed by atoms with Gasteiger partial charge in [0.1, 0.15) is 0 Å². The van der Waals surface area contributed by atoms with Crippen LogP contribution in [0.5, 0.6) is 0 Å². The Bertz CT molecular complexity index is 855. The fourth-order valence-corrected chi connectivity index (χ4v) is 2.43. The first-order valence-corrected chi connectivity index (χ1v) is 8.01. The minimum Gasteiger partial charge on any atom is -0.451 e. The number of Topliss-reactive ketones (excluding diaryl/α,β-unsaturated/α-hetero) is 1.